The predicted molar refractivity (Wildman–Crippen MR) is 65.5 cm³/mol. The second-order valence-corrected chi connectivity index (χ2v) is 5.05. The predicted octanol–water partition coefficient (Wildman–Crippen LogP) is 1.96. The molecule has 0 heterocycles. The Bertz CT molecular complexity index is 462. The van der Waals surface area contributed by atoms with Crippen molar-refractivity contribution in [1.82, 2.24) is 0 Å². The molecule has 0 radical (unpaired) electrons. The Labute approximate surface area is 99.8 Å². The maximum atomic E-state index is 12.0. The van der Waals surface area contributed by atoms with E-state index in [-0.39, 0.29) is 17.6 Å². The van der Waals surface area contributed by atoms with Crippen molar-refractivity contribution in [3.8, 4) is 5.75 Å². The molecule has 1 amide bonds. The lowest BCUT2D eigenvalue weighted by Gasteiger charge is -2.09. The smallest absolute Gasteiger partial charge is 0.228 e. The van der Waals surface area contributed by atoms with Crippen LogP contribution < -0.4 is 11.1 Å². The molecule has 4 nitrogen and oxygen atoms in total. The summed E-state index contributed by atoms with van der Waals surface area (Å²) < 4.78 is 0. The number of amides is 1. The van der Waals surface area contributed by atoms with Gasteiger partial charge < -0.3 is 16.2 Å². The van der Waals surface area contributed by atoms with Gasteiger partial charge in [-0.15, -0.1) is 0 Å². The number of nitrogen functional groups attached to an aromatic ring is 1. The van der Waals surface area contributed by atoms with Gasteiger partial charge in [-0.3, -0.25) is 4.79 Å². The first-order valence-electron chi connectivity index (χ1n) is 6.06. The van der Waals surface area contributed by atoms with Crippen LogP contribution in [-0.4, -0.2) is 11.0 Å². The topological polar surface area (TPSA) is 75.3 Å². The van der Waals surface area contributed by atoms with Crippen LogP contribution in [0.4, 0.5) is 11.4 Å². The number of phenols is 1. The Hall–Kier alpha value is -1.71. The third-order valence-corrected chi connectivity index (χ3v) is 4.00. The quantitative estimate of drug-likeness (QED) is 0.539. The third kappa shape index (κ3) is 1.73. The molecule has 0 aliphatic heterocycles. The van der Waals surface area contributed by atoms with Crippen LogP contribution in [0.15, 0.2) is 18.2 Å². The summed E-state index contributed by atoms with van der Waals surface area (Å²) in [7, 11) is 0. The molecular weight excluding hydrogens is 216 g/mol. The van der Waals surface area contributed by atoms with E-state index in [2.05, 4.69) is 5.32 Å². The molecule has 17 heavy (non-hydrogen) atoms. The lowest BCUT2D eigenvalue weighted by molar-refractivity contribution is -0.118. The molecule has 0 saturated heterocycles. The fourth-order valence-corrected chi connectivity index (χ4v) is 3.09. The Morgan fingerprint density at radius 2 is 2.06 bits per heavy atom. The summed E-state index contributed by atoms with van der Waals surface area (Å²) in [5.41, 5.74) is 6.73. The molecule has 2 saturated carbocycles. The molecule has 3 rings (SSSR count). The molecule has 2 atom stereocenters. The van der Waals surface area contributed by atoms with Crippen molar-refractivity contribution in [2.75, 3.05) is 11.1 Å². The highest BCUT2D eigenvalue weighted by Gasteiger charge is 2.56. The number of anilines is 2. The molecule has 2 aliphatic carbocycles. The maximum Gasteiger partial charge on any atom is 0.228 e. The van der Waals surface area contributed by atoms with Crippen molar-refractivity contribution >= 4 is 17.3 Å². The van der Waals surface area contributed by atoms with Crippen LogP contribution in [0.3, 0.4) is 0 Å². The van der Waals surface area contributed by atoms with E-state index in [0.717, 1.165) is 0 Å². The minimum Gasteiger partial charge on any atom is -0.508 e. The average Bonchev–Trinajstić information content (AvgIpc) is 2.77. The van der Waals surface area contributed by atoms with Crippen LogP contribution in [0.5, 0.6) is 5.75 Å². The number of rotatable bonds is 2. The zero-order valence-electron chi connectivity index (χ0n) is 9.52. The van der Waals surface area contributed by atoms with Crippen LogP contribution in [0.25, 0.3) is 0 Å². The number of carbonyl (C=O) groups is 1. The molecule has 4 N–H and O–H groups in total. The highest BCUT2D eigenvalue weighted by Crippen LogP contribution is 2.57. The van der Waals surface area contributed by atoms with Crippen LogP contribution in [0.1, 0.15) is 19.3 Å². The Morgan fingerprint density at radius 3 is 2.71 bits per heavy atom. The molecule has 4 heteroatoms. The number of carbonyl (C=O) groups excluding carboxylic acids is 1. The Balaban J connectivity index is 1.69. The van der Waals surface area contributed by atoms with Crippen molar-refractivity contribution in [3.63, 3.8) is 0 Å². The van der Waals surface area contributed by atoms with Gasteiger partial charge in [0.15, 0.2) is 0 Å². The first-order chi connectivity index (χ1) is 8.16. The molecule has 90 valence electrons. The summed E-state index contributed by atoms with van der Waals surface area (Å²) in [5, 5.41) is 12.1. The molecule has 2 unspecified atom stereocenters. The van der Waals surface area contributed by atoms with Crippen molar-refractivity contribution in [3.05, 3.63) is 18.2 Å². The first-order valence-corrected chi connectivity index (χ1v) is 6.06. The fraction of sp³-hybridized carbons (Fsp3) is 0.462. The second kappa shape index (κ2) is 3.65. The zero-order valence-corrected chi connectivity index (χ0v) is 9.52. The molecule has 0 aromatic heterocycles. The van der Waals surface area contributed by atoms with Gasteiger partial charge >= 0.3 is 0 Å². The summed E-state index contributed by atoms with van der Waals surface area (Å²) in [5.74, 6) is 1.60. The highest BCUT2D eigenvalue weighted by molar-refractivity contribution is 5.97. The van der Waals surface area contributed by atoms with E-state index in [1.807, 2.05) is 0 Å². The van der Waals surface area contributed by atoms with Gasteiger partial charge in [-0.25, -0.2) is 0 Å². The van der Waals surface area contributed by atoms with Crippen LogP contribution in [0.2, 0.25) is 0 Å². The maximum absolute atomic E-state index is 12.0. The van der Waals surface area contributed by atoms with E-state index in [1.165, 1.54) is 31.4 Å². The van der Waals surface area contributed by atoms with Crippen molar-refractivity contribution in [2.24, 2.45) is 17.8 Å². The second-order valence-electron chi connectivity index (χ2n) is 5.05. The van der Waals surface area contributed by atoms with E-state index in [4.69, 9.17) is 5.73 Å². The number of nitrogens with one attached hydrogen (secondary N) is 1. The zero-order chi connectivity index (χ0) is 12.0. The number of nitrogens with two attached hydrogens (primary N) is 1. The molecule has 1 aromatic rings. The van der Waals surface area contributed by atoms with Gasteiger partial charge in [0.25, 0.3) is 0 Å². The minimum absolute atomic E-state index is 0.0806. The summed E-state index contributed by atoms with van der Waals surface area (Å²) in [6.07, 6.45) is 3.64. The molecule has 0 spiro atoms. The van der Waals surface area contributed by atoms with E-state index in [0.29, 0.717) is 23.2 Å². The number of hydrogen-bond donors (Lipinski definition) is 3. The summed E-state index contributed by atoms with van der Waals surface area (Å²) in [6, 6.07) is 4.61. The number of fused-ring (bicyclic) bond motifs is 1. The summed E-state index contributed by atoms with van der Waals surface area (Å²) in [4.78, 5) is 12.0. The number of phenolic OH excluding ortho intramolecular Hbond substituents is 1. The largest absolute Gasteiger partial charge is 0.508 e. The molecule has 0 bridgehead atoms. The fourth-order valence-electron chi connectivity index (χ4n) is 3.09. The number of hydrogen-bond acceptors (Lipinski definition) is 3. The van der Waals surface area contributed by atoms with Crippen molar-refractivity contribution in [1.29, 1.82) is 0 Å². The van der Waals surface area contributed by atoms with Gasteiger partial charge in [0.05, 0.1) is 11.4 Å². The van der Waals surface area contributed by atoms with Gasteiger partial charge in [-0.05, 0) is 36.8 Å². The first kappa shape index (κ1) is 10.4. The number of aromatic hydroxyl groups is 1. The van der Waals surface area contributed by atoms with Gasteiger partial charge in [0.2, 0.25) is 5.91 Å². The SMILES string of the molecule is Nc1cc(O)ccc1NC(=O)C1C2CCCC21. The van der Waals surface area contributed by atoms with Crippen LogP contribution in [0, 0.1) is 17.8 Å². The van der Waals surface area contributed by atoms with Gasteiger partial charge in [0, 0.05) is 12.0 Å². The molecular formula is C13H16N2O2. The number of benzene rings is 1. The summed E-state index contributed by atoms with van der Waals surface area (Å²) in [6.45, 7) is 0. The molecule has 2 aliphatic rings. The normalized spacial score (nSPS) is 29.8. The Morgan fingerprint density at radius 1 is 1.35 bits per heavy atom. The van der Waals surface area contributed by atoms with E-state index in [9.17, 15) is 9.90 Å². The van der Waals surface area contributed by atoms with Gasteiger partial charge in [-0.2, -0.15) is 0 Å². The highest BCUT2D eigenvalue weighted by atomic mass is 16.3. The lowest BCUT2D eigenvalue weighted by atomic mass is 10.1. The third-order valence-electron chi connectivity index (χ3n) is 4.00. The summed E-state index contributed by atoms with van der Waals surface area (Å²) >= 11 is 0. The molecule has 1 aromatic carbocycles. The van der Waals surface area contributed by atoms with Crippen molar-refractivity contribution < 1.29 is 9.90 Å². The Kier molecular flexibility index (Phi) is 2.24. The van der Waals surface area contributed by atoms with E-state index in [1.54, 1.807) is 6.07 Å². The van der Waals surface area contributed by atoms with Crippen LogP contribution in [-0.2, 0) is 4.79 Å². The van der Waals surface area contributed by atoms with Crippen LogP contribution >= 0.6 is 0 Å². The standard InChI is InChI=1S/C13H16N2O2/c14-10-6-7(16)4-5-11(10)15-13(17)12-8-2-1-3-9(8)12/h4-6,8-9,12,16H,1-3,14H2,(H,15,17). The van der Waals surface area contributed by atoms with Gasteiger partial charge in [-0.1, -0.05) is 6.42 Å². The average molecular weight is 232 g/mol. The monoisotopic (exact) mass is 232 g/mol. The minimum atomic E-state index is 0.0806. The lowest BCUT2D eigenvalue weighted by Crippen LogP contribution is -2.17. The van der Waals surface area contributed by atoms with E-state index >= 15 is 0 Å². The van der Waals surface area contributed by atoms with Gasteiger partial charge in [0.1, 0.15) is 5.75 Å². The van der Waals surface area contributed by atoms with E-state index < -0.39 is 0 Å². The molecule has 2 fully saturated rings. The van der Waals surface area contributed by atoms with Crippen molar-refractivity contribution in [2.45, 2.75) is 19.3 Å².